The molecule has 4 aliphatic rings. The van der Waals surface area contributed by atoms with Gasteiger partial charge in [-0.25, -0.2) is 0 Å². The molecule has 0 radical (unpaired) electrons. The molecule has 13 heteroatoms. The number of carbonyl (C=O) groups is 3. The number of amides is 1. The van der Waals surface area contributed by atoms with Crippen molar-refractivity contribution < 1.29 is 29.7 Å². The molecule has 1 saturated carbocycles. The van der Waals surface area contributed by atoms with Crippen LogP contribution in [0.25, 0.3) is 33.8 Å². The zero-order valence-electron chi connectivity index (χ0n) is 35.3. The van der Waals surface area contributed by atoms with Crippen molar-refractivity contribution in [1.82, 2.24) is 9.47 Å². The molecular formula is C50H47N3O7S3. The van der Waals surface area contributed by atoms with E-state index < -0.39 is 35.6 Å². The fourth-order valence-corrected chi connectivity index (χ4v) is 12.5. The maximum absolute atomic E-state index is 13.8. The van der Waals surface area contributed by atoms with Crippen molar-refractivity contribution in [3.05, 3.63) is 138 Å². The molecule has 4 aromatic carbocycles. The molecule has 0 bridgehead atoms. The lowest BCUT2D eigenvalue weighted by Crippen LogP contribution is -2.35. The number of benzene rings is 4. The van der Waals surface area contributed by atoms with Gasteiger partial charge in [-0.2, -0.15) is 0 Å². The molecule has 63 heavy (non-hydrogen) atoms. The predicted octanol–water partition coefficient (Wildman–Crippen LogP) is 8.34. The number of hydrogen-bond acceptors (Lipinski definition) is 9. The molecule has 3 N–H and O–H groups in total. The lowest BCUT2D eigenvalue weighted by Gasteiger charge is -2.28. The molecule has 2 aliphatic heterocycles. The van der Waals surface area contributed by atoms with Crippen LogP contribution in [0.1, 0.15) is 98.8 Å². The number of aliphatic carboxylic acids is 2. The molecule has 2 aliphatic carbocycles. The average Bonchev–Trinajstić information content (AvgIpc) is 4.06. The molecule has 3 heterocycles. The number of nitrogens with zero attached hydrogens (tertiary/aromatic N) is 3. The van der Waals surface area contributed by atoms with E-state index in [0.717, 1.165) is 87.1 Å². The number of thiocarbonyl (C=S) groups is 1. The first-order valence-electron chi connectivity index (χ1n) is 21.3. The van der Waals surface area contributed by atoms with E-state index in [2.05, 4.69) is 65.6 Å². The van der Waals surface area contributed by atoms with Gasteiger partial charge in [0.1, 0.15) is 20.4 Å². The number of rotatable bonds is 11. The Hall–Kier alpha value is -5.60. The summed E-state index contributed by atoms with van der Waals surface area (Å²) in [6.07, 6.45) is 6.74. The van der Waals surface area contributed by atoms with Crippen LogP contribution in [0.2, 0.25) is 0 Å². The standard InChI is InChI=1S/C50H47N3O7S3/c1-5-51-46(58)44(63-49(51)61)47-52(26-42(54)55)45(57)41(62-47)23-29-15-20-40-38(22-29)35-11-8-12-39(35)53(40)31-18-19-34-32-9-6-7-10-33(32)36(37(34)24-31)21-28-13-16-30(17-14-28)43(56)27(2)25-50(3,4)48(59)60/h6-7,9-10,13-24,27,35,39,43,56H,5,8,11-12,25-26H2,1-4H3,(H,54,55)(H,59,60)/b36-21+,41-23-,47-44+. The highest BCUT2D eigenvalue weighted by Crippen LogP contribution is 2.54. The lowest BCUT2D eigenvalue weighted by molar-refractivity contribution is -0.148. The summed E-state index contributed by atoms with van der Waals surface area (Å²) in [7, 11) is 0. The summed E-state index contributed by atoms with van der Waals surface area (Å²) in [5.74, 6) is -2.32. The maximum atomic E-state index is 13.8. The lowest BCUT2D eigenvalue weighted by atomic mass is 9.80. The van der Waals surface area contributed by atoms with Crippen molar-refractivity contribution in [2.75, 3.05) is 11.4 Å². The van der Waals surface area contributed by atoms with Crippen molar-refractivity contribution in [3.63, 3.8) is 0 Å². The van der Waals surface area contributed by atoms with E-state index in [1.807, 2.05) is 44.2 Å². The number of carbonyl (C=O) groups excluding carboxylic acids is 1. The van der Waals surface area contributed by atoms with Gasteiger partial charge in [0.25, 0.3) is 11.5 Å². The van der Waals surface area contributed by atoms with E-state index in [0.29, 0.717) is 32.4 Å². The number of hydrogen-bond donors (Lipinski definition) is 3. The number of thiazole rings is 1. The van der Waals surface area contributed by atoms with Gasteiger partial charge in [0.2, 0.25) is 0 Å². The molecule has 4 atom stereocenters. The van der Waals surface area contributed by atoms with Gasteiger partial charge in [-0.1, -0.05) is 98.0 Å². The molecular weight excluding hydrogens is 851 g/mol. The highest BCUT2D eigenvalue weighted by Gasteiger charge is 2.43. The zero-order valence-corrected chi connectivity index (χ0v) is 37.8. The normalized spacial score (nSPS) is 20.6. The van der Waals surface area contributed by atoms with Crippen molar-refractivity contribution in [3.8, 4) is 11.1 Å². The van der Waals surface area contributed by atoms with Gasteiger partial charge < -0.3 is 20.2 Å². The maximum Gasteiger partial charge on any atom is 0.323 e. The van der Waals surface area contributed by atoms with Gasteiger partial charge >= 0.3 is 11.9 Å². The second kappa shape index (κ2) is 16.5. The summed E-state index contributed by atoms with van der Waals surface area (Å²) >= 11 is 7.64. The number of carboxylic acid groups (broad SMARTS) is 2. The minimum Gasteiger partial charge on any atom is -0.481 e. The van der Waals surface area contributed by atoms with E-state index in [1.54, 1.807) is 19.9 Å². The summed E-state index contributed by atoms with van der Waals surface area (Å²) < 4.78 is 2.21. The van der Waals surface area contributed by atoms with Crippen molar-refractivity contribution in [2.24, 2.45) is 11.3 Å². The molecule has 0 spiro atoms. The van der Waals surface area contributed by atoms with E-state index in [-0.39, 0.29) is 22.8 Å². The van der Waals surface area contributed by atoms with Crippen LogP contribution in [0.3, 0.4) is 0 Å². The zero-order chi connectivity index (χ0) is 44.5. The number of aliphatic hydroxyl groups excluding tert-OH is 1. The largest absolute Gasteiger partial charge is 0.481 e. The fraction of sp³-hybridized carbons (Fsp3) is 0.300. The number of aromatic nitrogens is 1. The van der Waals surface area contributed by atoms with Crippen molar-refractivity contribution in [1.29, 1.82) is 0 Å². The third kappa shape index (κ3) is 7.58. The van der Waals surface area contributed by atoms with Gasteiger partial charge in [0, 0.05) is 29.9 Å². The molecule has 9 rings (SSSR count). The predicted molar refractivity (Wildman–Crippen MR) is 254 cm³/mol. The molecule has 1 saturated heterocycles. The molecule has 1 aromatic heterocycles. The Morgan fingerprint density at radius 2 is 1.62 bits per heavy atom. The number of carboxylic acids is 2. The van der Waals surface area contributed by atoms with Gasteiger partial charge in [0.05, 0.1) is 16.1 Å². The highest BCUT2D eigenvalue weighted by molar-refractivity contribution is 8.30. The van der Waals surface area contributed by atoms with Crippen LogP contribution in [-0.2, 0) is 20.9 Å². The van der Waals surface area contributed by atoms with Crippen LogP contribution in [-0.4, -0.2) is 59.5 Å². The fourth-order valence-electron chi connectivity index (χ4n) is 9.90. The van der Waals surface area contributed by atoms with Gasteiger partial charge in [-0.3, -0.25) is 28.6 Å². The monoisotopic (exact) mass is 897 g/mol. The summed E-state index contributed by atoms with van der Waals surface area (Å²) in [5, 5.41) is 30.5. The Balaban J connectivity index is 1.06. The third-order valence-electron chi connectivity index (χ3n) is 13.0. The van der Waals surface area contributed by atoms with Crippen LogP contribution >= 0.6 is 35.3 Å². The number of thioether (sulfide) groups is 1. The number of anilines is 2. The van der Waals surface area contributed by atoms with Crippen LogP contribution in [0, 0.1) is 11.3 Å². The Bertz CT molecular complexity index is 2970. The second-order valence-electron chi connectivity index (χ2n) is 17.6. The van der Waals surface area contributed by atoms with Crippen molar-refractivity contribution >= 4 is 91.5 Å². The second-order valence-corrected chi connectivity index (χ2v) is 20.2. The first-order valence-corrected chi connectivity index (χ1v) is 23.3. The first-order chi connectivity index (χ1) is 30.1. The Kier molecular flexibility index (Phi) is 11.2. The smallest absolute Gasteiger partial charge is 0.323 e. The van der Waals surface area contributed by atoms with E-state index in [1.165, 1.54) is 26.2 Å². The van der Waals surface area contributed by atoms with Crippen LogP contribution in [0.15, 0.2) is 89.7 Å². The van der Waals surface area contributed by atoms with Gasteiger partial charge in [0.15, 0.2) is 0 Å². The van der Waals surface area contributed by atoms with E-state index in [4.69, 9.17) is 12.2 Å². The topological polar surface area (TPSA) is 140 Å². The van der Waals surface area contributed by atoms with Gasteiger partial charge in [-0.15, -0.1) is 11.3 Å². The Labute approximate surface area is 378 Å². The molecule has 2 fully saturated rings. The summed E-state index contributed by atoms with van der Waals surface area (Å²) in [5.41, 5.74) is 10.4. The number of aliphatic hydroxyl groups is 1. The van der Waals surface area contributed by atoms with Gasteiger partial charge in [-0.05, 0) is 132 Å². The molecule has 5 aromatic rings. The molecule has 4 unspecified atom stereocenters. The summed E-state index contributed by atoms with van der Waals surface area (Å²) in [6, 6.07) is 29.6. The minimum atomic E-state index is -1.17. The van der Waals surface area contributed by atoms with E-state index >= 15 is 0 Å². The summed E-state index contributed by atoms with van der Waals surface area (Å²) in [4.78, 5) is 54.9. The molecule has 10 nitrogen and oxygen atoms in total. The summed E-state index contributed by atoms with van der Waals surface area (Å²) in [6.45, 7) is 6.91. The number of fused-ring (bicyclic) bond motifs is 6. The molecule has 322 valence electrons. The highest BCUT2D eigenvalue weighted by atomic mass is 32.2. The quantitative estimate of drug-likeness (QED) is 0.109. The van der Waals surface area contributed by atoms with Crippen LogP contribution < -0.4 is 19.7 Å². The van der Waals surface area contributed by atoms with E-state index in [9.17, 15) is 34.5 Å². The van der Waals surface area contributed by atoms with Crippen molar-refractivity contribution in [2.45, 2.75) is 78.0 Å². The third-order valence-corrected chi connectivity index (χ3v) is 15.7. The molecule has 1 amide bonds. The average molecular weight is 898 g/mol. The van der Waals surface area contributed by atoms with Crippen LogP contribution in [0.4, 0.5) is 11.4 Å². The Morgan fingerprint density at radius 1 is 0.905 bits per heavy atom. The first kappa shape index (κ1) is 42.7. The SMILES string of the molecule is CCN1C(=O)/C(=c2\s/c(=C\c3ccc4c(c3)C3CCCC3N4c3ccc4c(c3)/C(=C/c3ccc(C(O)C(C)CC(C)(C)C(=O)O)cc3)c3ccccc3-4)c(=O)n2CC(=O)O)SC1=S. The Morgan fingerprint density at radius 3 is 2.32 bits per heavy atom. The minimum absolute atomic E-state index is 0.245. The van der Waals surface area contributed by atoms with Crippen LogP contribution in [0.5, 0.6) is 0 Å².